The van der Waals surface area contributed by atoms with E-state index >= 15 is 0 Å². The number of imidazole rings is 1. The Labute approximate surface area is 120 Å². The minimum atomic E-state index is 0.147. The molecule has 1 aliphatic heterocycles. The molecule has 1 amide bonds. The van der Waals surface area contributed by atoms with Gasteiger partial charge >= 0.3 is 0 Å². The van der Waals surface area contributed by atoms with Gasteiger partial charge in [-0.15, -0.1) is 0 Å². The van der Waals surface area contributed by atoms with E-state index < -0.39 is 0 Å². The first-order valence-corrected chi connectivity index (χ1v) is 7.17. The number of carbonyl (C=O) groups excluding carboxylic acids is 1. The van der Waals surface area contributed by atoms with Crippen molar-refractivity contribution in [1.29, 1.82) is 0 Å². The summed E-state index contributed by atoms with van der Waals surface area (Å²) in [5.74, 6) is 1.08. The maximum atomic E-state index is 12.2. The fourth-order valence-electron chi connectivity index (χ4n) is 2.40. The van der Waals surface area contributed by atoms with E-state index in [1.807, 2.05) is 24.9 Å². The smallest absolute Gasteiger partial charge is 0.225 e. The quantitative estimate of drug-likeness (QED) is 0.875. The highest BCUT2D eigenvalue weighted by Gasteiger charge is 2.29. The molecule has 1 aromatic rings. The summed E-state index contributed by atoms with van der Waals surface area (Å²) in [5, 5.41) is 0. The van der Waals surface area contributed by atoms with Crippen LogP contribution in [0.2, 0.25) is 0 Å². The van der Waals surface area contributed by atoms with Crippen molar-refractivity contribution in [2.45, 2.75) is 32.4 Å². The molecule has 0 radical (unpaired) electrons. The van der Waals surface area contributed by atoms with Gasteiger partial charge in [0.25, 0.3) is 0 Å². The minimum absolute atomic E-state index is 0.147. The summed E-state index contributed by atoms with van der Waals surface area (Å²) in [7, 11) is 2.07. The second-order valence-electron chi connectivity index (χ2n) is 5.48. The number of aromatic amines is 1. The second-order valence-corrected chi connectivity index (χ2v) is 5.48. The summed E-state index contributed by atoms with van der Waals surface area (Å²) >= 11 is 0. The van der Waals surface area contributed by atoms with Crippen LogP contribution in [-0.4, -0.2) is 65.1 Å². The molecule has 1 aliphatic rings. The van der Waals surface area contributed by atoms with Gasteiger partial charge in [0.05, 0.1) is 25.2 Å². The maximum absolute atomic E-state index is 12.2. The lowest BCUT2D eigenvalue weighted by Crippen LogP contribution is -2.49. The molecule has 0 aliphatic carbocycles. The van der Waals surface area contributed by atoms with Crippen LogP contribution in [0.5, 0.6) is 0 Å². The van der Waals surface area contributed by atoms with Crippen molar-refractivity contribution in [3.05, 3.63) is 18.2 Å². The van der Waals surface area contributed by atoms with Crippen molar-refractivity contribution in [1.82, 2.24) is 19.8 Å². The zero-order valence-corrected chi connectivity index (χ0v) is 12.5. The molecule has 1 fully saturated rings. The molecule has 2 heterocycles. The van der Waals surface area contributed by atoms with Crippen molar-refractivity contribution < 1.29 is 9.53 Å². The van der Waals surface area contributed by atoms with Crippen molar-refractivity contribution in [3.8, 4) is 0 Å². The number of ether oxygens (including phenoxy) is 1. The van der Waals surface area contributed by atoms with Crippen molar-refractivity contribution in [3.63, 3.8) is 0 Å². The molecule has 1 aromatic heterocycles. The van der Waals surface area contributed by atoms with E-state index in [0.29, 0.717) is 19.6 Å². The Morgan fingerprint density at radius 1 is 1.55 bits per heavy atom. The Morgan fingerprint density at radius 3 is 3.00 bits per heavy atom. The molecule has 112 valence electrons. The summed E-state index contributed by atoms with van der Waals surface area (Å²) in [6.45, 7) is 6.77. The zero-order valence-electron chi connectivity index (χ0n) is 12.5. The summed E-state index contributed by atoms with van der Waals surface area (Å²) in [4.78, 5) is 23.8. The van der Waals surface area contributed by atoms with E-state index in [1.54, 1.807) is 6.20 Å². The largest absolute Gasteiger partial charge is 0.378 e. The van der Waals surface area contributed by atoms with Crippen LogP contribution in [0.15, 0.2) is 12.4 Å². The third-order valence-electron chi connectivity index (χ3n) is 3.60. The Kier molecular flexibility index (Phi) is 5.14. The number of rotatable bonds is 5. The number of amides is 1. The molecule has 1 N–H and O–H groups in total. The third-order valence-corrected chi connectivity index (χ3v) is 3.60. The van der Waals surface area contributed by atoms with Crippen LogP contribution in [0.3, 0.4) is 0 Å². The van der Waals surface area contributed by atoms with Crippen LogP contribution in [0, 0.1) is 0 Å². The van der Waals surface area contributed by atoms with Gasteiger partial charge in [0.1, 0.15) is 5.82 Å². The molecule has 2 rings (SSSR count). The van der Waals surface area contributed by atoms with Gasteiger partial charge in [0.15, 0.2) is 0 Å². The van der Waals surface area contributed by atoms with Gasteiger partial charge in [-0.25, -0.2) is 4.98 Å². The number of hydrogen-bond donors (Lipinski definition) is 1. The molecule has 20 heavy (non-hydrogen) atoms. The Bertz CT molecular complexity index is 419. The first kappa shape index (κ1) is 15.0. The normalized spacial score (nSPS) is 20.6. The SMILES string of the molecule is CC(C)OCCC(=O)N1CCN(C)[C@@H](c2ncc[nH]2)C1. The first-order valence-electron chi connectivity index (χ1n) is 7.17. The number of likely N-dealkylation sites (N-methyl/N-ethyl adjacent to an activating group) is 1. The summed E-state index contributed by atoms with van der Waals surface area (Å²) < 4.78 is 5.45. The molecule has 6 heteroatoms. The molecule has 6 nitrogen and oxygen atoms in total. The summed E-state index contributed by atoms with van der Waals surface area (Å²) in [6.07, 6.45) is 4.19. The van der Waals surface area contributed by atoms with Crippen molar-refractivity contribution in [2.24, 2.45) is 0 Å². The fraction of sp³-hybridized carbons (Fsp3) is 0.714. The monoisotopic (exact) mass is 280 g/mol. The van der Waals surface area contributed by atoms with E-state index in [1.165, 1.54) is 0 Å². The lowest BCUT2D eigenvalue weighted by Gasteiger charge is -2.38. The molecule has 1 atom stereocenters. The lowest BCUT2D eigenvalue weighted by atomic mass is 10.1. The number of nitrogens with zero attached hydrogens (tertiary/aromatic N) is 3. The predicted molar refractivity (Wildman–Crippen MR) is 76.2 cm³/mol. The van der Waals surface area contributed by atoms with Crippen molar-refractivity contribution in [2.75, 3.05) is 33.3 Å². The van der Waals surface area contributed by atoms with Gasteiger partial charge in [-0.1, -0.05) is 0 Å². The average Bonchev–Trinajstić information content (AvgIpc) is 2.92. The van der Waals surface area contributed by atoms with Crippen LogP contribution in [-0.2, 0) is 9.53 Å². The number of carbonyl (C=O) groups is 1. The van der Waals surface area contributed by atoms with Crippen LogP contribution in [0.1, 0.15) is 32.1 Å². The maximum Gasteiger partial charge on any atom is 0.225 e. The Hall–Kier alpha value is -1.40. The van der Waals surface area contributed by atoms with E-state index in [9.17, 15) is 4.79 Å². The molecule has 0 bridgehead atoms. The molecule has 0 aromatic carbocycles. The standard InChI is InChI=1S/C14H24N4O2/c1-11(2)20-9-4-13(19)18-8-7-17(3)12(10-18)14-15-5-6-16-14/h5-6,11-12H,4,7-10H2,1-3H3,(H,15,16)/t12-/m1/s1. The predicted octanol–water partition coefficient (Wildman–Crippen LogP) is 1.04. The lowest BCUT2D eigenvalue weighted by molar-refractivity contribution is -0.135. The van der Waals surface area contributed by atoms with Crippen LogP contribution < -0.4 is 0 Å². The summed E-state index contributed by atoms with van der Waals surface area (Å²) in [6, 6.07) is 0.147. The van der Waals surface area contributed by atoms with Crippen LogP contribution in [0.4, 0.5) is 0 Å². The topological polar surface area (TPSA) is 61.5 Å². The van der Waals surface area contributed by atoms with E-state index in [0.717, 1.165) is 18.9 Å². The van der Waals surface area contributed by atoms with Crippen molar-refractivity contribution >= 4 is 5.91 Å². The highest BCUT2D eigenvalue weighted by atomic mass is 16.5. The number of piperazine rings is 1. The Morgan fingerprint density at radius 2 is 2.35 bits per heavy atom. The number of aromatic nitrogens is 2. The van der Waals surface area contributed by atoms with Crippen LogP contribution in [0.25, 0.3) is 0 Å². The summed E-state index contributed by atoms with van der Waals surface area (Å²) in [5.41, 5.74) is 0. The highest BCUT2D eigenvalue weighted by molar-refractivity contribution is 5.76. The molecular formula is C14H24N4O2. The second kappa shape index (κ2) is 6.85. The molecule has 0 spiro atoms. The minimum Gasteiger partial charge on any atom is -0.378 e. The van der Waals surface area contributed by atoms with Gasteiger partial charge < -0.3 is 14.6 Å². The fourth-order valence-corrected chi connectivity index (χ4v) is 2.40. The molecule has 0 saturated carbocycles. The molecule has 1 saturated heterocycles. The van der Waals surface area contributed by atoms with E-state index in [2.05, 4.69) is 21.9 Å². The average molecular weight is 280 g/mol. The highest BCUT2D eigenvalue weighted by Crippen LogP contribution is 2.21. The zero-order chi connectivity index (χ0) is 14.5. The van der Waals surface area contributed by atoms with Gasteiger partial charge in [-0.2, -0.15) is 0 Å². The molecule has 0 unspecified atom stereocenters. The number of nitrogens with one attached hydrogen (secondary N) is 1. The van der Waals surface area contributed by atoms with Gasteiger partial charge in [-0.3, -0.25) is 9.69 Å². The number of hydrogen-bond acceptors (Lipinski definition) is 4. The van der Waals surface area contributed by atoms with E-state index in [4.69, 9.17) is 4.74 Å². The Balaban J connectivity index is 1.88. The number of H-pyrrole nitrogens is 1. The third kappa shape index (κ3) is 3.80. The van der Waals surface area contributed by atoms with Crippen LogP contribution >= 0.6 is 0 Å². The van der Waals surface area contributed by atoms with E-state index in [-0.39, 0.29) is 18.1 Å². The first-order chi connectivity index (χ1) is 9.58. The van der Waals surface area contributed by atoms with Gasteiger partial charge in [0, 0.05) is 32.0 Å². The molecular weight excluding hydrogens is 256 g/mol. The van der Waals surface area contributed by atoms with Gasteiger partial charge in [-0.05, 0) is 20.9 Å². The van der Waals surface area contributed by atoms with Gasteiger partial charge in [0.2, 0.25) is 5.91 Å².